The molecule has 0 bridgehead atoms. The Balaban J connectivity index is -0.000000149. The smallest absolute Gasteiger partial charge is 0 e. The Kier molecular flexibility index (Phi) is 35.8. The highest BCUT2D eigenvalue weighted by Gasteiger charge is 1.94. The van der Waals surface area contributed by atoms with Crippen LogP contribution in [0.3, 0.4) is 0 Å². The molecule has 0 amide bonds. The van der Waals surface area contributed by atoms with Crippen LogP contribution in [0.4, 0.5) is 0 Å². The van der Waals surface area contributed by atoms with Crippen LogP contribution in [0, 0.1) is 6.92 Å². The highest BCUT2D eigenvalue weighted by molar-refractivity contribution is 15.0. The zero-order valence-electron chi connectivity index (χ0n) is 18.2. The van der Waals surface area contributed by atoms with Gasteiger partial charge in [-0.15, -0.1) is 0 Å². The lowest BCUT2D eigenvalue weighted by Gasteiger charge is -2.02. The standard InChI is InChI=1S/2C10H14.2C2H6.CH4.I2/c1-3-6-10-8-5-4-7-9(10)2;1-3-9-7-5-6-8-10(9)4-2;2*1-2;;1-2/h4-5,7-8H,3,6H2,1-2H3;5-8H,3-4H2,1-2H3;2*1-2H3;1H4;. The second-order valence-corrected chi connectivity index (χ2v) is 5.15. The van der Waals surface area contributed by atoms with Gasteiger partial charge in [-0.3, -0.25) is 0 Å². The van der Waals surface area contributed by atoms with E-state index in [1.807, 2.05) is 27.7 Å². The van der Waals surface area contributed by atoms with Gasteiger partial charge in [-0.1, -0.05) is 111 Å². The van der Waals surface area contributed by atoms with E-state index in [2.05, 4.69) is 113 Å². The molecule has 0 fully saturated rings. The molecule has 0 saturated heterocycles. The summed E-state index contributed by atoms with van der Waals surface area (Å²) in [6.45, 7) is 16.8. The molecule has 0 spiro atoms. The Hall–Kier alpha value is -0.1000. The number of rotatable bonds is 4. The lowest BCUT2D eigenvalue weighted by molar-refractivity contribution is 0.913. The van der Waals surface area contributed by atoms with Crippen LogP contribution < -0.4 is 0 Å². The summed E-state index contributed by atoms with van der Waals surface area (Å²) in [7, 11) is 0. The van der Waals surface area contributed by atoms with Crippen LogP contribution in [0.1, 0.15) is 84.6 Å². The van der Waals surface area contributed by atoms with Crippen molar-refractivity contribution in [1.82, 2.24) is 0 Å². The number of hydrogen-bond donors (Lipinski definition) is 0. The van der Waals surface area contributed by atoms with Gasteiger partial charge in [0.1, 0.15) is 0 Å². The van der Waals surface area contributed by atoms with Gasteiger partial charge in [-0.25, -0.2) is 0 Å². The van der Waals surface area contributed by atoms with Gasteiger partial charge in [0, 0.05) is 37.2 Å². The lowest BCUT2D eigenvalue weighted by Crippen LogP contribution is -1.88. The number of benzene rings is 2. The average molecular weight is 598 g/mol. The van der Waals surface area contributed by atoms with Gasteiger partial charge in [0.15, 0.2) is 0 Å². The molecule has 2 aromatic carbocycles. The molecule has 0 saturated carbocycles. The molecule has 0 unspecified atom stereocenters. The van der Waals surface area contributed by atoms with Crippen LogP contribution in [0.15, 0.2) is 48.5 Å². The average Bonchev–Trinajstić information content (AvgIpc) is 2.74. The first-order chi connectivity index (χ1) is 12.7. The molecule has 0 atom stereocenters. The van der Waals surface area contributed by atoms with Gasteiger partial charge in [0.25, 0.3) is 0 Å². The van der Waals surface area contributed by atoms with Crippen molar-refractivity contribution < 1.29 is 0 Å². The molecule has 2 aromatic rings. The molecule has 0 aliphatic heterocycles. The van der Waals surface area contributed by atoms with Crippen molar-refractivity contribution in [3.8, 4) is 0 Å². The Morgan fingerprint density at radius 2 is 0.963 bits per heavy atom. The van der Waals surface area contributed by atoms with E-state index in [9.17, 15) is 0 Å². The fraction of sp³-hybridized carbons (Fsp3) is 0.520. The van der Waals surface area contributed by atoms with Crippen LogP contribution in [-0.4, -0.2) is 0 Å². The second-order valence-electron chi connectivity index (χ2n) is 5.15. The molecular weight excluding hydrogens is 554 g/mol. The first kappa shape index (κ1) is 34.4. The molecule has 0 aliphatic carbocycles. The Bertz CT molecular complexity index is 484. The van der Waals surface area contributed by atoms with Crippen LogP contribution in [-0.2, 0) is 19.3 Å². The van der Waals surface area contributed by atoms with Gasteiger partial charge >= 0.3 is 0 Å². The Morgan fingerprint density at radius 1 is 0.630 bits per heavy atom. The molecule has 158 valence electrons. The number of hydrogen-bond acceptors (Lipinski definition) is 0. The number of halogens is 2. The van der Waals surface area contributed by atoms with Gasteiger partial charge < -0.3 is 0 Å². The minimum absolute atomic E-state index is 0. The van der Waals surface area contributed by atoms with Crippen molar-refractivity contribution in [2.45, 2.75) is 88.5 Å². The summed E-state index contributed by atoms with van der Waals surface area (Å²) in [4.78, 5) is 0. The second kappa shape index (κ2) is 28.1. The fourth-order valence-electron chi connectivity index (χ4n) is 2.41. The predicted molar refractivity (Wildman–Crippen MR) is 148 cm³/mol. The third-order valence-electron chi connectivity index (χ3n) is 3.66. The molecule has 0 aliphatic rings. The maximum absolute atomic E-state index is 2.21. The van der Waals surface area contributed by atoms with Gasteiger partial charge in [-0.2, -0.15) is 0 Å². The number of aryl methyl sites for hydroxylation is 4. The van der Waals surface area contributed by atoms with E-state index in [0.29, 0.717) is 0 Å². The molecule has 0 N–H and O–H groups in total. The minimum Gasteiger partial charge on any atom is -0.0776 e. The topological polar surface area (TPSA) is 0 Å². The summed E-state index contributed by atoms with van der Waals surface area (Å²) in [6, 6.07) is 17.2. The van der Waals surface area contributed by atoms with Crippen molar-refractivity contribution in [1.29, 1.82) is 0 Å². The lowest BCUT2D eigenvalue weighted by atomic mass is 10.0. The summed E-state index contributed by atoms with van der Waals surface area (Å²) < 4.78 is 0. The van der Waals surface area contributed by atoms with Crippen molar-refractivity contribution in [2.24, 2.45) is 0 Å². The van der Waals surface area contributed by atoms with E-state index in [-0.39, 0.29) is 7.43 Å². The molecule has 0 radical (unpaired) electrons. The SMILES string of the molecule is C.CC.CC.CCCc1ccccc1C.CCc1ccccc1CC.II. The third kappa shape index (κ3) is 17.7. The molecule has 2 heteroatoms. The van der Waals surface area contributed by atoms with E-state index >= 15 is 0 Å². The van der Waals surface area contributed by atoms with E-state index in [4.69, 9.17) is 0 Å². The van der Waals surface area contributed by atoms with Crippen molar-refractivity contribution >= 4 is 37.2 Å². The van der Waals surface area contributed by atoms with Crippen LogP contribution >= 0.6 is 37.2 Å². The summed E-state index contributed by atoms with van der Waals surface area (Å²) >= 11 is 4.24. The van der Waals surface area contributed by atoms with Crippen LogP contribution in [0.2, 0.25) is 0 Å². The highest BCUT2D eigenvalue weighted by Crippen LogP contribution is 2.09. The molecule has 0 nitrogen and oxygen atoms in total. The molecule has 27 heavy (non-hydrogen) atoms. The summed E-state index contributed by atoms with van der Waals surface area (Å²) in [5, 5.41) is 0. The summed E-state index contributed by atoms with van der Waals surface area (Å²) in [5.41, 5.74) is 5.89. The first-order valence-electron chi connectivity index (χ1n) is 9.98. The monoisotopic (exact) mass is 598 g/mol. The minimum atomic E-state index is 0. The molecule has 0 heterocycles. The van der Waals surface area contributed by atoms with Crippen LogP contribution in [0.25, 0.3) is 0 Å². The quantitative estimate of drug-likeness (QED) is 0.307. The molecular formula is C25H44I2. The van der Waals surface area contributed by atoms with E-state index in [1.165, 1.54) is 35.1 Å². The normalized spacial score (nSPS) is 7.93. The highest BCUT2D eigenvalue weighted by atomic mass is 128. The van der Waals surface area contributed by atoms with E-state index < -0.39 is 0 Å². The van der Waals surface area contributed by atoms with Gasteiger partial charge in [-0.05, 0) is 48.4 Å². The molecule has 2 rings (SSSR count). The fourth-order valence-corrected chi connectivity index (χ4v) is 2.41. The third-order valence-corrected chi connectivity index (χ3v) is 3.66. The van der Waals surface area contributed by atoms with Crippen LogP contribution in [0.5, 0.6) is 0 Å². The Morgan fingerprint density at radius 3 is 1.26 bits per heavy atom. The largest absolute Gasteiger partial charge is 0.0776 e. The zero-order valence-corrected chi connectivity index (χ0v) is 22.5. The van der Waals surface area contributed by atoms with Gasteiger partial charge in [0.2, 0.25) is 0 Å². The Labute approximate surface area is 195 Å². The first-order valence-corrected chi connectivity index (χ1v) is 16.3. The van der Waals surface area contributed by atoms with E-state index in [1.54, 1.807) is 0 Å². The zero-order chi connectivity index (χ0) is 20.8. The van der Waals surface area contributed by atoms with Crippen molar-refractivity contribution in [3.05, 3.63) is 70.8 Å². The maximum atomic E-state index is 2.21. The van der Waals surface area contributed by atoms with Gasteiger partial charge in [0.05, 0.1) is 0 Å². The maximum Gasteiger partial charge on any atom is 0 e. The van der Waals surface area contributed by atoms with E-state index in [0.717, 1.165) is 12.8 Å². The predicted octanol–water partition coefficient (Wildman–Crippen LogP) is 10.2. The molecule has 0 aromatic heterocycles. The van der Waals surface area contributed by atoms with Crippen molar-refractivity contribution in [2.75, 3.05) is 0 Å². The summed E-state index contributed by atoms with van der Waals surface area (Å²) in [5.74, 6) is 0. The summed E-state index contributed by atoms with van der Waals surface area (Å²) in [6.07, 6.45) is 4.77. The van der Waals surface area contributed by atoms with Crippen molar-refractivity contribution in [3.63, 3.8) is 0 Å².